The molecule has 2 aromatic carbocycles. The van der Waals surface area contributed by atoms with E-state index in [1.54, 1.807) is 24.3 Å². The van der Waals surface area contributed by atoms with Crippen LogP contribution in [-0.2, 0) is 11.2 Å². The summed E-state index contributed by atoms with van der Waals surface area (Å²) in [4.78, 5) is 12.9. The van der Waals surface area contributed by atoms with Gasteiger partial charge in [-0.15, -0.1) is 0 Å². The fourth-order valence-corrected chi connectivity index (χ4v) is 3.68. The molecule has 2 N–H and O–H groups in total. The van der Waals surface area contributed by atoms with E-state index in [2.05, 4.69) is 17.0 Å². The van der Waals surface area contributed by atoms with Crippen LogP contribution in [0, 0.1) is 0 Å². The molecule has 0 saturated carbocycles. The first-order valence-corrected chi connectivity index (χ1v) is 11.3. The van der Waals surface area contributed by atoms with Crippen LogP contribution in [0.4, 0.5) is 0 Å². The average molecular weight is 447 g/mol. The molecular weight excluding hydrogens is 416 g/mol. The first-order chi connectivity index (χ1) is 15.1. The van der Waals surface area contributed by atoms with Crippen LogP contribution < -0.4 is 19.9 Å². The van der Waals surface area contributed by atoms with Crippen LogP contribution in [0.5, 0.6) is 17.2 Å². The Morgan fingerprint density at radius 2 is 1.74 bits per heavy atom. The molecule has 7 heteroatoms. The highest BCUT2D eigenvalue weighted by atomic mass is 35.5. The predicted octanol–water partition coefficient (Wildman–Crippen LogP) is 4.08. The zero-order chi connectivity index (χ0) is 21.9. The lowest BCUT2D eigenvalue weighted by molar-refractivity contribution is -0.118. The Hall–Kier alpha value is -2.44. The molecule has 0 spiro atoms. The summed E-state index contributed by atoms with van der Waals surface area (Å²) >= 11 is 5.67. The molecule has 0 aromatic heterocycles. The molecule has 168 valence electrons. The van der Waals surface area contributed by atoms with Gasteiger partial charge in [0.25, 0.3) is 0 Å². The van der Waals surface area contributed by atoms with E-state index in [-0.39, 0.29) is 12.3 Å². The van der Waals surface area contributed by atoms with Gasteiger partial charge < -0.3 is 24.8 Å². The molecule has 4 rings (SSSR count). The standard InChI is InChI=1S/C15H21NO2.C9H10ClNO2/c1-2-8-16(7-1)9-3-4-13-5-6-14-15(12-13)18-11-10-17-14;10-7-1-3-8(4-2-7)13-6-5-9(11)12/h5-6,12H,1-4,7-11H2;1-4H,5-6H2,(H2,11,12). The number of aryl methyl sites for hydroxylation is 1. The summed E-state index contributed by atoms with van der Waals surface area (Å²) in [5.41, 5.74) is 6.30. The number of ether oxygens (including phenoxy) is 3. The lowest BCUT2D eigenvalue weighted by Crippen LogP contribution is -2.20. The zero-order valence-electron chi connectivity index (χ0n) is 17.9. The fraction of sp³-hybridized carbons (Fsp3) is 0.458. The van der Waals surface area contributed by atoms with Gasteiger partial charge in [0.1, 0.15) is 19.0 Å². The van der Waals surface area contributed by atoms with Crippen LogP contribution in [0.2, 0.25) is 5.02 Å². The van der Waals surface area contributed by atoms with Gasteiger partial charge in [-0.25, -0.2) is 0 Å². The van der Waals surface area contributed by atoms with Gasteiger partial charge in [0.05, 0.1) is 13.0 Å². The number of rotatable bonds is 8. The Morgan fingerprint density at radius 1 is 1.03 bits per heavy atom. The molecular formula is C24H31ClN2O4. The number of primary amides is 1. The Morgan fingerprint density at radius 3 is 2.45 bits per heavy atom. The first kappa shape index (κ1) is 23.2. The molecule has 31 heavy (non-hydrogen) atoms. The molecule has 0 unspecified atom stereocenters. The van der Waals surface area contributed by atoms with Gasteiger partial charge in [0.2, 0.25) is 5.91 Å². The Kier molecular flexibility index (Phi) is 9.31. The number of nitrogens with two attached hydrogens (primary N) is 1. The van der Waals surface area contributed by atoms with Crippen molar-refractivity contribution in [3.05, 3.63) is 53.1 Å². The van der Waals surface area contributed by atoms with Crippen molar-refractivity contribution in [1.82, 2.24) is 4.90 Å². The van der Waals surface area contributed by atoms with Crippen LogP contribution in [0.1, 0.15) is 31.2 Å². The van der Waals surface area contributed by atoms with Gasteiger partial charge >= 0.3 is 0 Å². The van der Waals surface area contributed by atoms with Crippen LogP contribution in [0.3, 0.4) is 0 Å². The van der Waals surface area contributed by atoms with E-state index < -0.39 is 0 Å². The lowest BCUT2D eigenvalue weighted by Gasteiger charge is -2.19. The highest BCUT2D eigenvalue weighted by Gasteiger charge is 2.13. The molecule has 1 amide bonds. The zero-order valence-corrected chi connectivity index (χ0v) is 18.6. The van der Waals surface area contributed by atoms with E-state index in [4.69, 9.17) is 31.5 Å². The molecule has 2 aromatic rings. The minimum atomic E-state index is -0.367. The summed E-state index contributed by atoms with van der Waals surface area (Å²) in [6.45, 7) is 5.46. The van der Waals surface area contributed by atoms with Gasteiger partial charge in [-0.1, -0.05) is 17.7 Å². The van der Waals surface area contributed by atoms with E-state index in [9.17, 15) is 4.79 Å². The van der Waals surface area contributed by atoms with Gasteiger partial charge in [-0.3, -0.25) is 4.79 Å². The lowest BCUT2D eigenvalue weighted by atomic mass is 10.1. The molecule has 2 aliphatic heterocycles. The van der Waals surface area contributed by atoms with Crippen LogP contribution >= 0.6 is 11.6 Å². The second kappa shape index (κ2) is 12.4. The maximum Gasteiger partial charge on any atom is 0.220 e. The van der Waals surface area contributed by atoms with Gasteiger partial charge in [0, 0.05) is 5.02 Å². The Labute approximate surface area is 189 Å². The highest BCUT2D eigenvalue weighted by molar-refractivity contribution is 6.30. The third kappa shape index (κ3) is 8.31. The van der Waals surface area contributed by atoms with Crippen molar-refractivity contribution in [2.75, 3.05) is 39.5 Å². The summed E-state index contributed by atoms with van der Waals surface area (Å²) in [5, 5.41) is 0.655. The number of hydrogen-bond acceptors (Lipinski definition) is 5. The summed E-state index contributed by atoms with van der Waals surface area (Å²) < 4.78 is 16.4. The van der Waals surface area contributed by atoms with Crippen molar-refractivity contribution in [2.45, 2.75) is 32.1 Å². The highest BCUT2D eigenvalue weighted by Crippen LogP contribution is 2.31. The summed E-state index contributed by atoms with van der Waals surface area (Å²) in [5.74, 6) is 2.13. The third-order valence-corrected chi connectivity index (χ3v) is 5.43. The molecule has 0 bridgehead atoms. The summed E-state index contributed by atoms with van der Waals surface area (Å²) in [6, 6.07) is 13.3. The fourth-order valence-electron chi connectivity index (χ4n) is 3.56. The Bertz CT molecular complexity index is 823. The number of carbonyl (C=O) groups excluding carboxylic acids is 1. The van der Waals surface area contributed by atoms with E-state index in [0.717, 1.165) is 17.9 Å². The molecule has 2 aliphatic rings. The number of nitrogens with zero attached hydrogens (tertiary/aromatic N) is 1. The SMILES string of the molecule is NC(=O)CCOc1ccc(Cl)cc1.c1cc2c(cc1CCCN1CCCC1)OCCO2. The summed E-state index contributed by atoms with van der Waals surface area (Å²) in [6.07, 6.45) is 5.35. The molecule has 0 radical (unpaired) electrons. The number of amides is 1. The number of fused-ring (bicyclic) bond motifs is 1. The van der Waals surface area contributed by atoms with Crippen molar-refractivity contribution in [1.29, 1.82) is 0 Å². The average Bonchev–Trinajstić information content (AvgIpc) is 3.29. The largest absolute Gasteiger partial charge is 0.493 e. The van der Waals surface area contributed by atoms with Crippen LogP contribution in [0.15, 0.2) is 42.5 Å². The normalized spacial score (nSPS) is 15.1. The van der Waals surface area contributed by atoms with Crippen molar-refractivity contribution in [3.8, 4) is 17.2 Å². The predicted molar refractivity (Wildman–Crippen MR) is 122 cm³/mol. The second-order valence-electron chi connectivity index (χ2n) is 7.65. The number of hydrogen-bond donors (Lipinski definition) is 1. The molecule has 0 atom stereocenters. The number of benzene rings is 2. The number of carbonyl (C=O) groups is 1. The van der Waals surface area contributed by atoms with Crippen molar-refractivity contribution in [2.24, 2.45) is 5.73 Å². The smallest absolute Gasteiger partial charge is 0.220 e. The van der Waals surface area contributed by atoms with Gasteiger partial charge in [0.15, 0.2) is 11.5 Å². The molecule has 2 heterocycles. The van der Waals surface area contributed by atoms with Crippen molar-refractivity contribution >= 4 is 17.5 Å². The minimum Gasteiger partial charge on any atom is -0.493 e. The maximum atomic E-state index is 10.4. The van der Waals surface area contributed by atoms with Crippen LogP contribution in [-0.4, -0.2) is 50.3 Å². The Balaban J connectivity index is 0.000000187. The van der Waals surface area contributed by atoms with E-state index in [0.29, 0.717) is 30.6 Å². The second-order valence-corrected chi connectivity index (χ2v) is 8.09. The van der Waals surface area contributed by atoms with Crippen molar-refractivity contribution in [3.63, 3.8) is 0 Å². The molecule has 0 aliphatic carbocycles. The van der Waals surface area contributed by atoms with E-state index in [1.165, 1.54) is 44.5 Å². The first-order valence-electron chi connectivity index (χ1n) is 10.9. The van der Waals surface area contributed by atoms with E-state index >= 15 is 0 Å². The quantitative estimate of drug-likeness (QED) is 0.661. The van der Waals surface area contributed by atoms with Gasteiger partial charge in [-0.05, 0) is 87.3 Å². The van der Waals surface area contributed by atoms with Crippen molar-refractivity contribution < 1.29 is 19.0 Å². The molecule has 6 nitrogen and oxygen atoms in total. The number of likely N-dealkylation sites (tertiary alicyclic amines) is 1. The number of halogens is 1. The minimum absolute atomic E-state index is 0.225. The third-order valence-electron chi connectivity index (χ3n) is 5.18. The molecule has 1 fully saturated rings. The van der Waals surface area contributed by atoms with Crippen LogP contribution in [0.25, 0.3) is 0 Å². The maximum absolute atomic E-state index is 10.4. The monoisotopic (exact) mass is 446 g/mol. The topological polar surface area (TPSA) is 74.0 Å². The molecule has 1 saturated heterocycles. The summed E-state index contributed by atoms with van der Waals surface area (Å²) in [7, 11) is 0. The van der Waals surface area contributed by atoms with E-state index in [1.807, 2.05) is 6.07 Å². The van der Waals surface area contributed by atoms with Gasteiger partial charge in [-0.2, -0.15) is 0 Å².